The minimum Gasteiger partial charge on any atom is -0.394 e. The van der Waals surface area contributed by atoms with E-state index in [2.05, 4.69) is 31.0 Å². The minimum atomic E-state index is -0.124. The van der Waals surface area contributed by atoms with Crippen LogP contribution < -0.4 is 5.32 Å². The lowest BCUT2D eigenvalue weighted by Crippen LogP contribution is -2.46. The van der Waals surface area contributed by atoms with Crippen molar-refractivity contribution < 1.29 is 5.11 Å². The van der Waals surface area contributed by atoms with Crippen LogP contribution in [0.15, 0.2) is 0 Å². The largest absolute Gasteiger partial charge is 0.394 e. The van der Waals surface area contributed by atoms with Crippen molar-refractivity contribution in [2.75, 3.05) is 33.3 Å². The van der Waals surface area contributed by atoms with Gasteiger partial charge in [0, 0.05) is 5.54 Å². The first-order valence-corrected chi connectivity index (χ1v) is 5.64. The highest BCUT2D eigenvalue weighted by atomic mass is 16.3. The Kier molecular flexibility index (Phi) is 7.15. The monoisotopic (exact) mass is 202 g/mol. The molecule has 0 rings (SSSR count). The lowest BCUT2D eigenvalue weighted by atomic mass is 9.99. The van der Waals surface area contributed by atoms with Crippen LogP contribution in [0.3, 0.4) is 0 Å². The van der Waals surface area contributed by atoms with Gasteiger partial charge < -0.3 is 15.3 Å². The Balaban J connectivity index is 3.87. The molecule has 2 N–H and O–H groups in total. The fourth-order valence-corrected chi connectivity index (χ4v) is 1.43. The van der Waals surface area contributed by atoms with Gasteiger partial charge in [0.2, 0.25) is 0 Å². The molecule has 0 aliphatic rings. The molecule has 0 fully saturated rings. The summed E-state index contributed by atoms with van der Waals surface area (Å²) in [6, 6.07) is 0. The van der Waals surface area contributed by atoms with E-state index in [1.54, 1.807) is 0 Å². The first-order chi connectivity index (χ1) is 6.61. The zero-order valence-corrected chi connectivity index (χ0v) is 10.1. The Labute approximate surface area is 88.5 Å². The van der Waals surface area contributed by atoms with E-state index in [9.17, 15) is 5.11 Å². The molecule has 1 atom stereocenters. The molecule has 0 aliphatic carbocycles. The van der Waals surface area contributed by atoms with Gasteiger partial charge in [-0.3, -0.25) is 0 Å². The molecule has 86 valence electrons. The predicted molar refractivity (Wildman–Crippen MR) is 61.6 cm³/mol. The van der Waals surface area contributed by atoms with Crippen molar-refractivity contribution >= 4 is 0 Å². The summed E-state index contributed by atoms with van der Waals surface area (Å²) in [5, 5.41) is 12.4. The number of hydrogen-bond donors (Lipinski definition) is 2. The fraction of sp³-hybridized carbons (Fsp3) is 1.00. The van der Waals surface area contributed by atoms with Crippen molar-refractivity contribution in [1.82, 2.24) is 10.2 Å². The molecular formula is C11H26N2O. The second-order valence-electron chi connectivity index (χ2n) is 4.15. The molecule has 14 heavy (non-hydrogen) atoms. The highest BCUT2D eigenvalue weighted by Crippen LogP contribution is 2.09. The Morgan fingerprint density at radius 2 is 1.93 bits per heavy atom. The van der Waals surface area contributed by atoms with E-state index < -0.39 is 0 Å². The van der Waals surface area contributed by atoms with Crippen molar-refractivity contribution in [3.63, 3.8) is 0 Å². The van der Waals surface area contributed by atoms with Crippen molar-refractivity contribution in [2.24, 2.45) is 0 Å². The molecule has 0 spiro atoms. The number of hydrogen-bond acceptors (Lipinski definition) is 3. The SMILES string of the molecule is CCCN(CC)CCC(C)(CO)NC. The summed E-state index contributed by atoms with van der Waals surface area (Å²) < 4.78 is 0. The maximum Gasteiger partial charge on any atom is 0.0610 e. The molecule has 0 aliphatic heterocycles. The average molecular weight is 202 g/mol. The van der Waals surface area contributed by atoms with Gasteiger partial charge >= 0.3 is 0 Å². The average Bonchev–Trinajstić information content (AvgIpc) is 2.23. The first-order valence-electron chi connectivity index (χ1n) is 5.64. The maximum absolute atomic E-state index is 9.22. The van der Waals surface area contributed by atoms with Gasteiger partial charge in [-0.2, -0.15) is 0 Å². The number of aliphatic hydroxyl groups is 1. The molecule has 0 aromatic heterocycles. The molecule has 3 nitrogen and oxygen atoms in total. The summed E-state index contributed by atoms with van der Waals surface area (Å²) in [4.78, 5) is 2.42. The zero-order valence-electron chi connectivity index (χ0n) is 10.1. The van der Waals surface area contributed by atoms with Crippen molar-refractivity contribution in [3.05, 3.63) is 0 Å². The Bertz CT molecular complexity index is 135. The van der Waals surface area contributed by atoms with Gasteiger partial charge in [-0.05, 0) is 46.4 Å². The number of nitrogens with one attached hydrogen (secondary N) is 1. The highest BCUT2D eigenvalue weighted by molar-refractivity contribution is 4.81. The van der Waals surface area contributed by atoms with Crippen molar-refractivity contribution in [2.45, 2.75) is 39.2 Å². The molecule has 0 amide bonds. The number of nitrogens with zero attached hydrogens (tertiary/aromatic N) is 1. The second kappa shape index (κ2) is 7.21. The van der Waals surface area contributed by atoms with Gasteiger partial charge in [-0.25, -0.2) is 0 Å². The summed E-state index contributed by atoms with van der Waals surface area (Å²) in [6.45, 7) is 9.96. The molecule has 0 bridgehead atoms. The van der Waals surface area contributed by atoms with E-state index >= 15 is 0 Å². The quantitative estimate of drug-likeness (QED) is 0.618. The van der Waals surface area contributed by atoms with Gasteiger partial charge in [0.15, 0.2) is 0 Å². The summed E-state index contributed by atoms with van der Waals surface area (Å²) in [5.41, 5.74) is -0.124. The lowest BCUT2D eigenvalue weighted by Gasteiger charge is -2.30. The Morgan fingerprint density at radius 3 is 2.29 bits per heavy atom. The van der Waals surface area contributed by atoms with Crippen LogP contribution in [-0.2, 0) is 0 Å². The standard InChI is InChI=1S/C11H26N2O/c1-5-8-13(6-2)9-7-11(3,10-14)12-4/h12,14H,5-10H2,1-4H3. The molecule has 3 heteroatoms. The summed E-state index contributed by atoms with van der Waals surface area (Å²) >= 11 is 0. The van der Waals surface area contributed by atoms with Gasteiger partial charge in [-0.15, -0.1) is 0 Å². The Morgan fingerprint density at radius 1 is 1.29 bits per heavy atom. The van der Waals surface area contributed by atoms with E-state index in [4.69, 9.17) is 0 Å². The molecule has 0 heterocycles. The van der Waals surface area contributed by atoms with Gasteiger partial charge in [0.25, 0.3) is 0 Å². The van der Waals surface area contributed by atoms with E-state index in [1.807, 2.05) is 7.05 Å². The third kappa shape index (κ3) is 4.94. The molecule has 0 aromatic rings. The minimum absolute atomic E-state index is 0.124. The van der Waals surface area contributed by atoms with Crippen LogP contribution in [0.5, 0.6) is 0 Å². The van der Waals surface area contributed by atoms with E-state index in [0.717, 1.165) is 26.1 Å². The van der Waals surface area contributed by atoms with E-state index in [1.165, 1.54) is 6.42 Å². The third-order valence-corrected chi connectivity index (χ3v) is 2.92. The summed E-state index contributed by atoms with van der Waals surface area (Å²) in [6.07, 6.45) is 2.19. The van der Waals surface area contributed by atoms with Crippen LogP contribution in [0.25, 0.3) is 0 Å². The second-order valence-corrected chi connectivity index (χ2v) is 4.15. The van der Waals surface area contributed by atoms with Crippen LogP contribution in [0, 0.1) is 0 Å². The normalized spacial score (nSPS) is 15.9. The predicted octanol–water partition coefficient (Wildman–Crippen LogP) is 1.08. The zero-order chi connectivity index (χ0) is 11.0. The van der Waals surface area contributed by atoms with Gasteiger partial charge in [0.05, 0.1) is 6.61 Å². The Hall–Kier alpha value is -0.120. The van der Waals surface area contributed by atoms with Gasteiger partial charge in [0.1, 0.15) is 0 Å². The first kappa shape index (κ1) is 13.9. The van der Waals surface area contributed by atoms with Crippen LogP contribution in [0.2, 0.25) is 0 Å². The maximum atomic E-state index is 9.22. The summed E-state index contributed by atoms with van der Waals surface area (Å²) in [5.74, 6) is 0. The highest BCUT2D eigenvalue weighted by Gasteiger charge is 2.20. The van der Waals surface area contributed by atoms with Crippen LogP contribution in [0.4, 0.5) is 0 Å². The van der Waals surface area contributed by atoms with E-state index in [-0.39, 0.29) is 12.1 Å². The lowest BCUT2D eigenvalue weighted by molar-refractivity contribution is 0.153. The third-order valence-electron chi connectivity index (χ3n) is 2.92. The number of aliphatic hydroxyl groups excluding tert-OH is 1. The number of likely N-dealkylation sites (N-methyl/N-ethyl adjacent to an activating group) is 1. The molecular weight excluding hydrogens is 176 g/mol. The van der Waals surface area contributed by atoms with Crippen LogP contribution in [0.1, 0.15) is 33.6 Å². The fourth-order valence-electron chi connectivity index (χ4n) is 1.43. The van der Waals surface area contributed by atoms with Crippen molar-refractivity contribution in [3.8, 4) is 0 Å². The molecule has 0 saturated heterocycles. The molecule has 0 radical (unpaired) electrons. The summed E-state index contributed by atoms with van der Waals surface area (Å²) in [7, 11) is 1.91. The molecule has 0 saturated carbocycles. The topological polar surface area (TPSA) is 35.5 Å². The van der Waals surface area contributed by atoms with Crippen LogP contribution >= 0.6 is 0 Å². The van der Waals surface area contributed by atoms with E-state index in [0.29, 0.717) is 0 Å². The molecule has 0 aromatic carbocycles. The molecule has 1 unspecified atom stereocenters. The number of rotatable bonds is 8. The smallest absolute Gasteiger partial charge is 0.0610 e. The van der Waals surface area contributed by atoms with Gasteiger partial charge in [-0.1, -0.05) is 13.8 Å². The van der Waals surface area contributed by atoms with Crippen molar-refractivity contribution in [1.29, 1.82) is 0 Å². The van der Waals surface area contributed by atoms with Crippen LogP contribution in [-0.4, -0.2) is 48.8 Å².